The molecule has 0 fully saturated rings. The van der Waals surface area contributed by atoms with E-state index >= 15 is 0 Å². The summed E-state index contributed by atoms with van der Waals surface area (Å²) in [7, 11) is 3.66. The monoisotopic (exact) mass is 448 g/mol. The number of amides is 3. The number of nitrogens with one attached hydrogen (secondary N) is 3. The van der Waals surface area contributed by atoms with Gasteiger partial charge in [0.25, 0.3) is 0 Å². The number of nitrogens with zero attached hydrogens (tertiary/aromatic N) is 1. The molecule has 3 aromatic rings. The highest BCUT2D eigenvalue weighted by Gasteiger charge is 2.05. The second-order valence-electron chi connectivity index (χ2n) is 7.29. The van der Waals surface area contributed by atoms with Gasteiger partial charge in [-0.25, -0.2) is 4.79 Å². The molecule has 0 saturated carbocycles. The fraction of sp³-hybridized carbons (Fsp3) is 0.231. The van der Waals surface area contributed by atoms with Gasteiger partial charge in [0.2, 0.25) is 5.91 Å². The van der Waals surface area contributed by atoms with Crippen molar-refractivity contribution >= 4 is 29.0 Å². The molecule has 0 radical (unpaired) electrons. The molecule has 0 saturated heterocycles. The zero-order chi connectivity index (χ0) is 24.1. The van der Waals surface area contributed by atoms with Crippen LogP contribution in [-0.4, -0.2) is 32.6 Å². The maximum atomic E-state index is 12.2. The lowest BCUT2D eigenvalue weighted by molar-refractivity contribution is -0.118. The summed E-state index contributed by atoms with van der Waals surface area (Å²) in [6.45, 7) is 4.62. The van der Waals surface area contributed by atoms with Gasteiger partial charge in [0.1, 0.15) is 11.5 Å². The van der Waals surface area contributed by atoms with E-state index in [-0.39, 0.29) is 11.9 Å². The Balaban J connectivity index is 0.000000696. The molecule has 174 valence electrons. The van der Waals surface area contributed by atoms with Crippen molar-refractivity contribution in [3.63, 3.8) is 0 Å². The van der Waals surface area contributed by atoms with E-state index in [1.165, 1.54) is 6.92 Å². The van der Waals surface area contributed by atoms with Crippen molar-refractivity contribution in [2.24, 2.45) is 0 Å². The lowest BCUT2D eigenvalue weighted by Gasteiger charge is -2.18. The molecule has 7 nitrogen and oxygen atoms in total. The average molecular weight is 449 g/mol. The zero-order valence-electron chi connectivity index (χ0n) is 19.6. The third kappa shape index (κ3) is 9.35. The smallest absolute Gasteiger partial charge is 0.323 e. The third-order valence-electron chi connectivity index (χ3n) is 4.57. The minimum atomic E-state index is -0.286. The van der Waals surface area contributed by atoms with Gasteiger partial charge in [0, 0.05) is 44.6 Å². The lowest BCUT2D eigenvalue weighted by atomic mass is 10.2. The number of urea groups is 1. The van der Waals surface area contributed by atoms with Crippen LogP contribution < -0.4 is 25.6 Å². The van der Waals surface area contributed by atoms with Crippen LogP contribution in [0.2, 0.25) is 0 Å². The first kappa shape index (κ1) is 25.3. The number of anilines is 3. The number of hydrogen-bond acceptors (Lipinski definition) is 4. The minimum absolute atomic E-state index is 0.00463. The first-order chi connectivity index (χ1) is 15.9. The molecule has 7 heteroatoms. The van der Waals surface area contributed by atoms with Gasteiger partial charge in [0.15, 0.2) is 0 Å². The van der Waals surface area contributed by atoms with Crippen molar-refractivity contribution in [1.82, 2.24) is 5.32 Å². The van der Waals surface area contributed by atoms with Gasteiger partial charge < -0.3 is 25.6 Å². The van der Waals surface area contributed by atoms with Crippen LogP contribution in [0.3, 0.4) is 0 Å². The van der Waals surface area contributed by atoms with Gasteiger partial charge in [-0.3, -0.25) is 4.79 Å². The molecular weight excluding hydrogens is 416 g/mol. The van der Waals surface area contributed by atoms with Crippen molar-refractivity contribution in [2.75, 3.05) is 36.2 Å². The van der Waals surface area contributed by atoms with Crippen LogP contribution in [0.5, 0.6) is 11.5 Å². The number of rotatable bonds is 7. The molecule has 0 aliphatic carbocycles. The molecule has 3 rings (SSSR count). The predicted octanol–water partition coefficient (Wildman–Crippen LogP) is 5.72. The van der Waals surface area contributed by atoms with E-state index < -0.39 is 0 Å². The average Bonchev–Trinajstić information content (AvgIpc) is 2.82. The molecule has 0 unspecified atom stereocenters. The summed E-state index contributed by atoms with van der Waals surface area (Å²) in [5.41, 5.74) is 2.56. The van der Waals surface area contributed by atoms with Crippen molar-refractivity contribution in [2.45, 2.75) is 20.3 Å². The Morgan fingerprint density at radius 1 is 0.818 bits per heavy atom. The summed E-state index contributed by atoms with van der Waals surface area (Å²) in [6, 6.07) is 24.3. The van der Waals surface area contributed by atoms with Crippen LogP contribution in [0.1, 0.15) is 20.3 Å². The first-order valence-corrected chi connectivity index (χ1v) is 10.8. The molecule has 0 aromatic heterocycles. The van der Waals surface area contributed by atoms with Gasteiger partial charge in [0.05, 0.1) is 0 Å². The van der Waals surface area contributed by atoms with E-state index in [1.807, 2.05) is 66.7 Å². The lowest BCUT2D eigenvalue weighted by Crippen LogP contribution is -2.20. The fourth-order valence-electron chi connectivity index (χ4n) is 2.79. The summed E-state index contributed by atoms with van der Waals surface area (Å²) < 4.78 is 5.75. The Morgan fingerprint density at radius 3 is 1.79 bits per heavy atom. The largest absolute Gasteiger partial charge is 0.457 e. The molecule has 0 aliphatic heterocycles. The topological polar surface area (TPSA) is 82.7 Å². The molecule has 0 atom stereocenters. The quantitative estimate of drug-likeness (QED) is 0.432. The van der Waals surface area contributed by atoms with E-state index in [0.29, 0.717) is 11.4 Å². The number of hydrogen-bond donors (Lipinski definition) is 3. The van der Waals surface area contributed by atoms with Crippen molar-refractivity contribution in [3.8, 4) is 11.5 Å². The maximum Gasteiger partial charge on any atom is 0.323 e. The van der Waals surface area contributed by atoms with Gasteiger partial charge in [-0.2, -0.15) is 0 Å². The number of carbonyl (C=O) groups is 2. The Morgan fingerprint density at radius 2 is 1.30 bits per heavy atom. The highest BCUT2D eigenvalue weighted by atomic mass is 16.5. The van der Waals surface area contributed by atoms with Crippen LogP contribution in [-0.2, 0) is 4.79 Å². The fourth-order valence-corrected chi connectivity index (χ4v) is 2.79. The Hall–Kier alpha value is -4.00. The molecule has 3 aromatic carbocycles. The minimum Gasteiger partial charge on any atom is -0.457 e. The Kier molecular flexibility index (Phi) is 10.3. The van der Waals surface area contributed by atoms with E-state index in [9.17, 15) is 9.59 Å². The molecule has 33 heavy (non-hydrogen) atoms. The van der Waals surface area contributed by atoms with Crippen molar-refractivity contribution in [3.05, 3.63) is 78.9 Å². The summed E-state index contributed by atoms with van der Waals surface area (Å²) in [6.07, 6.45) is 1.09. The molecule has 0 heterocycles. The van der Waals surface area contributed by atoms with Gasteiger partial charge in [-0.15, -0.1) is 0 Å². The summed E-state index contributed by atoms with van der Waals surface area (Å²) >= 11 is 0. The van der Waals surface area contributed by atoms with E-state index in [2.05, 4.69) is 34.8 Å². The van der Waals surface area contributed by atoms with Crippen molar-refractivity contribution in [1.29, 1.82) is 0 Å². The number of para-hydroxylation sites is 1. The SMILES string of the molecule is CCCN(C)c1ccc(NC(=O)Nc2ccc(Oc3ccccc3)cc2)cc1.CNC(C)=O. The molecule has 0 bridgehead atoms. The maximum absolute atomic E-state index is 12.2. The third-order valence-corrected chi connectivity index (χ3v) is 4.57. The summed E-state index contributed by atoms with van der Waals surface area (Å²) in [5, 5.41) is 8.06. The molecule has 3 N–H and O–H groups in total. The normalized spacial score (nSPS) is 9.70. The molecular formula is C26H32N4O3. The van der Waals surface area contributed by atoms with Crippen LogP contribution in [0, 0.1) is 0 Å². The van der Waals surface area contributed by atoms with Crippen LogP contribution in [0.15, 0.2) is 78.9 Å². The first-order valence-electron chi connectivity index (χ1n) is 10.8. The van der Waals surface area contributed by atoms with Crippen molar-refractivity contribution < 1.29 is 14.3 Å². The zero-order valence-corrected chi connectivity index (χ0v) is 19.6. The second-order valence-corrected chi connectivity index (χ2v) is 7.29. The predicted molar refractivity (Wildman–Crippen MR) is 135 cm³/mol. The van der Waals surface area contributed by atoms with E-state index in [1.54, 1.807) is 19.2 Å². The molecule has 0 aliphatic rings. The Labute approximate surface area is 195 Å². The number of carbonyl (C=O) groups excluding carboxylic acids is 2. The van der Waals surface area contributed by atoms with E-state index in [0.717, 1.165) is 30.1 Å². The standard InChI is InChI=1S/C23H25N3O2.C3H7NO/c1-3-17-26(2)20-13-9-18(10-14-20)24-23(27)25-19-11-15-22(16-12-19)28-21-7-5-4-6-8-21;1-3(5)4-2/h4-16H,3,17H2,1-2H3,(H2,24,25,27);1-2H3,(H,4,5). The number of ether oxygens (including phenoxy) is 1. The molecule has 0 spiro atoms. The van der Waals surface area contributed by atoms with Gasteiger partial charge >= 0.3 is 6.03 Å². The highest BCUT2D eigenvalue weighted by molar-refractivity contribution is 5.99. The van der Waals surface area contributed by atoms with E-state index in [4.69, 9.17) is 4.74 Å². The van der Waals surface area contributed by atoms with Crippen LogP contribution >= 0.6 is 0 Å². The summed E-state index contributed by atoms with van der Waals surface area (Å²) in [4.78, 5) is 24.1. The highest BCUT2D eigenvalue weighted by Crippen LogP contribution is 2.23. The second kappa shape index (κ2) is 13.4. The van der Waals surface area contributed by atoms with Crippen LogP contribution in [0.4, 0.5) is 21.9 Å². The van der Waals surface area contributed by atoms with Gasteiger partial charge in [-0.05, 0) is 67.1 Å². The van der Waals surface area contributed by atoms with Crippen LogP contribution in [0.25, 0.3) is 0 Å². The Bertz CT molecular complexity index is 990. The summed E-state index contributed by atoms with van der Waals surface area (Å²) in [5.74, 6) is 1.49. The number of benzene rings is 3. The van der Waals surface area contributed by atoms with Gasteiger partial charge in [-0.1, -0.05) is 25.1 Å². The molecule has 3 amide bonds.